The molecule has 6 N–H and O–H groups in total. The Balaban J connectivity index is 0.000000223. The Morgan fingerprint density at radius 3 is 1.25 bits per heavy atom. The van der Waals surface area contributed by atoms with Crippen LogP contribution in [0.4, 0.5) is 0 Å². The number of carbonyl (C=O) groups is 2. The van der Waals surface area contributed by atoms with Crippen molar-refractivity contribution in [3.05, 3.63) is 119 Å². The monoisotopic (exact) mass is 758 g/mol. The predicted octanol–water partition coefficient (Wildman–Crippen LogP) is 4.47. The highest BCUT2D eigenvalue weighted by Crippen LogP contribution is 2.38. The fourth-order valence-corrected chi connectivity index (χ4v) is 4.85. The van der Waals surface area contributed by atoms with E-state index in [0.717, 1.165) is 11.1 Å². The summed E-state index contributed by atoms with van der Waals surface area (Å²) in [5.41, 5.74) is 14.0. The number of carbonyl (C=O) groups excluding carboxylic acids is 2. The summed E-state index contributed by atoms with van der Waals surface area (Å²) in [6.07, 6.45) is 1.68. The third kappa shape index (κ3) is 14.8. The zero-order chi connectivity index (χ0) is 38.3. The lowest BCUT2D eigenvalue weighted by molar-refractivity contribution is 0.0840. The minimum absolute atomic E-state index is 0.0725. The molecule has 0 bridgehead atoms. The Morgan fingerprint density at radius 2 is 0.942 bits per heavy atom. The summed E-state index contributed by atoms with van der Waals surface area (Å²) in [5.74, 6) is 2.66. The van der Waals surface area contributed by atoms with Gasteiger partial charge in [0.15, 0.2) is 11.6 Å². The Bertz CT molecular complexity index is 1830. The molecule has 0 saturated carbocycles. The number of ether oxygens (including phenoxy) is 4. The van der Waals surface area contributed by atoms with Gasteiger partial charge < -0.3 is 30.4 Å². The predicted molar refractivity (Wildman–Crippen MR) is 194 cm³/mol. The normalized spacial score (nSPS) is 16.0. The fourth-order valence-electron chi connectivity index (χ4n) is 4.85. The zero-order valence-electron chi connectivity index (χ0n) is 28.6. The summed E-state index contributed by atoms with van der Waals surface area (Å²) < 4.78 is 74.5. The quantitative estimate of drug-likeness (QED) is 0.182. The van der Waals surface area contributed by atoms with E-state index >= 15 is 0 Å². The van der Waals surface area contributed by atoms with Crippen LogP contribution in [0.5, 0.6) is 23.0 Å². The summed E-state index contributed by atoms with van der Waals surface area (Å²) >= 11 is 0. The molecular formula is C36H42N2O12S2. The molecule has 14 nitrogen and oxygen atoms in total. The van der Waals surface area contributed by atoms with Crippen molar-refractivity contribution in [2.75, 3.05) is 38.8 Å². The second-order valence-electron chi connectivity index (χ2n) is 11.3. The van der Waals surface area contributed by atoms with Crippen molar-refractivity contribution in [2.45, 2.75) is 25.0 Å². The van der Waals surface area contributed by atoms with Crippen LogP contribution in [0.1, 0.15) is 56.9 Å². The Kier molecular flexibility index (Phi) is 15.7. The molecule has 0 saturated heterocycles. The molecule has 280 valence electrons. The largest absolute Gasteiger partial charge is 0.492 e. The van der Waals surface area contributed by atoms with Crippen molar-refractivity contribution in [2.24, 2.45) is 11.5 Å². The van der Waals surface area contributed by atoms with Gasteiger partial charge in [0, 0.05) is 13.1 Å². The van der Waals surface area contributed by atoms with Crippen LogP contribution in [0.3, 0.4) is 0 Å². The van der Waals surface area contributed by atoms with E-state index in [1.165, 1.54) is 0 Å². The molecule has 4 aromatic rings. The van der Waals surface area contributed by atoms with Crippen molar-refractivity contribution < 1.29 is 54.5 Å². The Labute approximate surface area is 303 Å². The van der Waals surface area contributed by atoms with Crippen LogP contribution in [0.15, 0.2) is 97.1 Å². The van der Waals surface area contributed by atoms with Crippen LogP contribution >= 0.6 is 0 Å². The number of fused-ring (bicyclic) bond motifs is 2. The first kappa shape index (κ1) is 41.6. The van der Waals surface area contributed by atoms with Gasteiger partial charge in [0.05, 0.1) is 36.5 Å². The third-order valence-electron chi connectivity index (χ3n) is 6.90. The highest BCUT2D eigenvalue weighted by molar-refractivity contribution is 7.85. The van der Waals surface area contributed by atoms with E-state index in [1.807, 2.05) is 60.7 Å². The van der Waals surface area contributed by atoms with E-state index in [2.05, 4.69) is 0 Å². The van der Waals surface area contributed by atoms with Gasteiger partial charge in [-0.3, -0.25) is 18.7 Å². The number of hydrogen-bond acceptors (Lipinski definition) is 12. The van der Waals surface area contributed by atoms with Crippen LogP contribution in [-0.2, 0) is 20.2 Å². The standard InChI is InChI=1S/2C17H17NO3.2CH4O3S/c2*18-8-9-20-13-6-7-16-14(10-13)15(19)11-17(21-16)12-4-2-1-3-5-12;2*1-5(2,3)4/h2*1-7,10,17H,8-9,11,18H2;2*1H3,(H,2,3,4). The van der Waals surface area contributed by atoms with E-state index in [9.17, 15) is 26.4 Å². The number of nitrogens with two attached hydrogens (primary N) is 2. The Morgan fingerprint density at radius 1 is 0.615 bits per heavy atom. The zero-order valence-corrected chi connectivity index (χ0v) is 30.2. The Hall–Kier alpha value is -4.84. The third-order valence-corrected chi connectivity index (χ3v) is 6.90. The first-order valence-electron chi connectivity index (χ1n) is 15.8. The number of rotatable bonds is 8. The van der Waals surface area contributed by atoms with Crippen LogP contribution in [0, 0.1) is 0 Å². The maximum absolute atomic E-state index is 12.3. The van der Waals surface area contributed by atoms with E-state index in [-0.39, 0.29) is 23.8 Å². The molecule has 0 fully saturated rings. The van der Waals surface area contributed by atoms with E-state index in [1.54, 1.807) is 36.4 Å². The highest BCUT2D eigenvalue weighted by Gasteiger charge is 2.29. The molecule has 0 radical (unpaired) electrons. The highest BCUT2D eigenvalue weighted by atomic mass is 32.2. The molecule has 2 atom stereocenters. The average molecular weight is 759 g/mol. The van der Waals surface area contributed by atoms with Crippen molar-refractivity contribution in [1.82, 2.24) is 0 Å². The molecule has 0 spiro atoms. The molecule has 2 aliphatic rings. The number of hydrogen-bond donors (Lipinski definition) is 4. The maximum Gasteiger partial charge on any atom is 0.261 e. The smallest absolute Gasteiger partial charge is 0.261 e. The van der Waals surface area contributed by atoms with Crippen LogP contribution in [0.2, 0.25) is 0 Å². The average Bonchev–Trinajstić information content (AvgIpc) is 3.09. The number of benzene rings is 4. The summed E-state index contributed by atoms with van der Waals surface area (Å²) in [4.78, 5) is 24.7. The van der Waals surface area contributed by atoms with Gasteiger partial charge in [0.1, 0.15) is 48.4 Å². The molecule has 0 aromatic heterocycles. The number of Topliss-reactive ketones (excluding diaryl/α,β-unsaturated/α-hetero) is 2. The first-order chi connectivity index (χ1) is 24.6. The molecule has 2 unspecified atom stereocenters. The number of ketones is 2. The van der Waals surface area contributed by atoms with E-state index in [0.29, 0.717) is 85.8 Å². The molecule has 16 heteroatoms. The van der Waals surface area contributed by atoms with Gasteiger partial charge in [-0.25, -0.2) is 0 Å². The minimum Gasteiger partial charge on any atom is -0.492 e. The van der Waals surface area contributed by atoms with Crippen LogP contribution in [0.25, 0.3) is 0 Å². The topological polar surface area (TPSA) is 232 Å². The van der Waals surface area contributed by atoms with Gasteiger partial charge in [-0.15, -0.1) is 0 Å². The molecule has 2 heterocycles. The van der Waals surface area contributed by atoms with Gasteiger partial charge in [-0.2, -0.15) is 16.8 Å². The summed E-state index contributed by atoms with van der Waals surface area (Å²) in [5, 5.41) is 0. The summed E-state index contributed by atoms with van der Waals surface area (Å²) in [6.45, 7) is 1.75. The molecule has 4 aromatic carbocycles. The maximum atomic E-state index is 12.3. The van der Waals surface area contributed by atoms with Crippen molar-refractivity contribution >= 4 is 31.8 Å². The van der Waals surface area contributed by atoms with E-state index < -0.39 is 20.2 Å². The summed E-state index contributed by atoms with van der Waals surface area (Å²) in [7, 11) is -7.33. The van der Waals surface area contributed by atoms with Crippen molar-refractivity contribution in [3.8, 4) is 23.0 Å². The van der Waals surface area contributed by atoms with Crippen LogP contribution in [-0.4, -0.2) is 76.3 Å². The van der Waals surface area contributed by atoms with Crippen molar-refractivity contribution in [1.29, 1.82) is 0 Å². The van der Waals surface area contributed by atoms with Gasteiger partial charge >= 0.3 is 0 Å². The van der Waals surface area contributed by atoms with Gasteiger partial charge in [0.25, 0.3) is 20.2 Å². The molecular weight excluding hydrogens is 717 g/mol. The molecule has 0 aliphatic carbocycles. The molecule has 2 aliphatic heterocycles. The lowest BCUT2D eigenvalue weighted by Gasteiger charge is -2.25. The molecule has 6 rings (SSSR count). The first-order valence-corrected chi connectivity index (χ1v) is 19.5. The molecule has 0 amide bonds. The van der Waals surface area contributed by atoms with Gasteiger partial charge in [0.2, 0.25) is 0 Å². The second-order valence-corrected chi connectivity index (χ2v) is 14.3. The van der Waals surface area contributed by atoms with Crippen molar-refractivity contribution in [3.63, 3.8) is 0 Å². The molecule has 52 heavy (non-hydrogen) atoms. The van der Waals surface area contributed by atoms with Crippen LogP contribution < -0.4 is 30.4 Å². The van der Waals surface area contributed by atoms with Gasteiger partial charge in [-0.1, -0.05) is 60.7 Å². The summed E-state index contributed by atoms with van der Waals surface area (Å²) in [6, 6.07) is 30.2. The lowest BCUT2D eigenvalue weighted by Crippen LogP contribution is -2.20. The van der Waals surface area contributed by atoms with Gasteiger partial charge in [-0.05, 0) is 47.5 Å². The minimum atomic E-state index is -3.67. The lowest BCUT2D eigenvalue weighted by atomic mass is 9.96. The SMILES string of the molecule is CS(=O)(=O)O.CS(=O)(=O)O.NCCOc1ccc2c(c1)C(=O)CC(c1ccccc1)O2.NCCOc1ccc2c(c1)C(=O)CC(c1ccccc1)O2. The van der Waals surface area contributed by atoms with E-state index in [4.69, 9.17) is 39.5 Å². The second kappa shape index (κ2) is 19.7. The fraction of sp³-hybridized carbons (Fsp3) is 0.278.